The highest BCUT2D eigenvalue weighted by atomic mass is 16.1. The second-order valence-corrected chi connectivity index (χ2v) is 4.11. The number of hydrogen-bond donors (Lipinski definition) is 0. The standard InChI is InChI=1S/C12H16N2O/c1-10(15)12(2,3)9-13-14-11-7-5-4-6-8-11/h4-7,9H,8H2,1-3H3/b13-9-,14-11-. The van der Waals surface area contributed by atoms with Crippen molar-refractivity contribution in [3.05, 3.63) is 24.3 Å². The van der Waals surface area contributed by atoms with Gasteiger partial charge in [0.2, 0.25) is 0 Å². The summed E-state index contributed by atoms with van der Waals surface area (Å²) < 4.78 is 0. The molecule has 0 aromatic rings. The van der Waals surface area contributed by atoms with E-state index < -0.39 is 5.41 Å². The summed E-state index contributed by atoms with van der Waals surface area (Å²) in [4.78, 5) is 11.2. The van der Waals surface area contributed by atoms with Gasteiger partial charge in [0.15, 0.2) is 0 Å². The van der Waals surface area contributed by atoms with Crippen molar-refractivity contribution in [1.82, 2.24) is 0 Å². The zero-order valence-electron chi connectivity index (χ0n) is 9.40. The van der Waals surface area contributed by atoms with Crippen LogP contribution in [-0.2, 0) is 4.79 Å². The van der Waals surface area contributed by atoms with E-state index in [4.69, 9.17) is 0 Å². The SMILES string of the molecule is CC(=O)C(C)(C)/C=N\N=C1\C=CC=CC1. The van der Waals surface area contributed by atoms with Gasteiger partial charge in [0.1, 0.15) is 5.78 Å². The van der Waals surface area contributed by atoms with Crippen molar-refractivity contribution in [3.8, 4) is 0 Å². The van der Waals surface area contributed by atoms with Crippen molar-refractivity contribution in [3.63, 3.8) is 0 Å². The minimum absolute atomic E-state index is 0.0885. The van der Waals surface area contributed by atoms with Gasteiger partial charge in [-0.1, -0.05) is 18.2 Å². The number of allylic oxidation sites excluding steroid dienone is 4. The Balaban J connectivity index is 2.63. The van der Waals surface area contributed by atoms with E-state index in [9.17, 15) is 4.79 Å². The Morgan fingerprint density at radius 1 is 1.47 bits per heavy atom. The van der Waals surface area contributed by atoms with Crippen LogP contribution >= 0.6 is 0 Å². The van der Waals surface area contributed by atoms with Crippen LogP contribution < -0.4 is 0 Å². The highest BCUT2D eigenvalue weighted by Gasteiger charge is 2.20. The van der Waals surface area contributed by atoms with E-state index in [0.29, 0.717) is 0 Å². The summed E-state index contributed by atoms with van der Waals surface area (Å²) >= 11 is 0. The van der Waals surface area contributed by atoms with E-state index in [0.717, 1.165) is 12.1 Å². The Hall–Kier alpha value is -1.51. The summed E-state index contributed by atoms with van der Waals surface area (Å²) in [5.74, 6) is 0.0885. The Morgan fingerprint density at radius 3 is 2.73 bits per heavy atom. The quantitative estimate of drug-likeness (QED) is 0.514. The molecule has 15 heavy (non-hydrogen) atoms. The lowest BCUT2D eigenvalue weighted by Crippen LogP contribution is -2.22. The lowest BCUT2D eigenvalue weighted by Gasteiger charge is -2.12. The van der Waals surface area contributed by atoms with Gasteiger partial charge in [-0.15, -0.1) is 0 Å². The van der Waals surface area contributed by atoms with E-state index >= 15 is 0 Å². The van der Waals surface area contributed by atoms with Gasteiger partial charge < -0.3 is 0 Å². The topological polar surface area (TPSA) is 41.8 Å². The fourth-order valence-electron chi connectivity index (χ4n) is 0.914. The van der Waals surface area contributed by atoms with Crippen molar-refractivity contribution < 1.29 is 4.79 Å². The molecule has 0 fully saturated rings. The maximum Gasteiger partial charge on any atom is 0.140 e. The van der Waals surface area contributed by atoms with Crippen molar-refractivity contribution in [2.45, 2.75) is 27.2 Å². The lowest BCUT2D eigenvalue weighted by atomic mass is 9.91. The molecule has 0 heterocycles. The molecule has 0 aromatic carbocycles. The molecule has 0 aliphatic heterocycles. The number of rotatable bonds is 3. The maximum atomic E-state index is 11.2. The summed E-state index contributed by atoms with van der Waals surface area (Å²) in [6, 6.07) is 0. The average Bonchev–Trinajstić information content (AvgIpc) is 2.19. The molecule has 0 unspecified atom stereocenters. The highest BCUT2D eigenvalue weighted by molar-refractivity contribution is 5.99. The molecule has 1 aliphatic carbocycles. The van der Waals surface area contributed by atoms with Crippen molar-refractivity contribution in [2.24, 2.45) is 15.6 Å². The fourth-order valence-corrected chi connectivity index (χ4v) is 0.914. The second kappa shape index (κ2) is 4.82. The lowest BCUT2D eigenvalue weighted by molar-refractivity contribution is -0.121. The van der Waals surface area contributed by atoms with Crippen molar-refractivity contribution in [1.29, 1.82) is 0 Å². The largest absolute Gasteiger partial charge is 0.299 e. The molecule has 0 N–H and O–H groups in total. The fraction of sp³-hybridized carbons (Fsp3) is 0.417. The molecular weight excluding hydrogens is 188 g/mol. The number of carbonyl (C=O) groups is 1. The third kappa shape index (κ3) is 3.62. The van der Waals surface area contributed by atoms with Crippen LogP contribution in [0.15, 0.2) is 34.5 Å². The Labute approximate surface area is 90.3 Å². The van der Waals surface area contributed by atoms with E-state index in [2.05, 4.69) is 10.2 Å². The van der Waals surface area contributed by atoms with Crippen LogP contribution in [0.1, 0.15) is 27.2 Å². The highest BCUT2D eigenvalue weighted by Crippen LogP contribution is 2.12. The summed E-state index contributed by atoms with van der Waals surface area (Å²) in [6.07, 6.45) is 10.2. The van der Waals surface area contributed by atoms with Crippen LogP contribution in [0.4, 0.5) is 0 Å². The van der Waals surface area contributed by atoms with Gasteiger partial charge in [-0.25, -0.2) is 0 Å². The third-order valence-corrected chi connectivity index (χ3v) is 2.34. The summed E-state index contributed by atoms with van der Waals surface area (Å²) in [5.41, 5.74) is 0.381. The molecule has 0 bridgehead atoms. The van der Waals surface area contributed by atoms with Crippen LogP contribution in [0.25, 0.3) is 0 Å². The Bertz CT molecular complexity index is 360. The number of Topliss-reactive ketones (excluding diaryl/α,β-unsaturated/α-hetero) is 1. The molecule has 0 spiro atoms. The normalized spacial score (nSPS) is 19.0. The number of hydrogen-bond acceptors (Lipinski definition) is 3. The zero-order chi connectivity index (χ0) is 11.3. The van der Waals surface area contributed by atoms with Gasteiger partial charge >= 0.3 is 0 Å². The monoisotopic (exact) mass is 204 g/mol. The summed E-state index contributed by atoms with van der Waals surface area (Å²) in [5, 5.41) is 7.99. The van der Waals surface area contributed by atoms with Gasteiger partial charge in [0.05, 0.1) is 11.1 Å². The molecule has 0 saturated carbocycles. The van der Waals surface area contributed by atoms with Crippen LogP contribution in [0.5, 0.6) is 0 Å². The van der Waals surface area contributed by atoms with Gasteiger partial charge in [0, 0.05) is 12.6 Å². The molecule has 1 aliphatic rings. The average molecular weight is 204 g/mol. The predicted molar refractivity (Wildman–Crippen MR) is 63.3 cm³/mol. The molecule has 0 amide bonds. The molecule has 0 atom stereocenters. The summed E-state index contributed by atoms with van der Waals surface area (Å²) in [6.45, 7) is 5.22. The third-order valence-electron chi connectivity index (χ3n) is 2.34. The number of nitrogens with zero attached hydrogens (tertiary/aromatic N) is 2. The molecule has 3 heteroatoms. The predicted octanol–water partition coefficient (Wildman–Crippen LogP) is 2.54. The van der Waals surface area contributed by atoms with Gasteiger partial charge in [-0.3, -0.25) is 4.79 Å². The van der Waals surface area contributed by atoms with Crippen LogP contribution in [0, 0.1) is 5.41 Å². The van der Waals surface area contributed by atoms with Crippen LogP contribution in [0.2, 0.25) is 0 Å². The molecule has 0 saturated heterocycles. The van der Waals surface area contributed by atoms with Gasteiger partial charge in [0.25, 0.3) is 0 Å². The molecule has 3 nitrogen and oxygen atoms in total. The van der Waals surface area contributed by atoms with E-state index in [1.165, 1.54) is 0 Å². The van der Waals surface area contributed by atoms with E-state index in [-0.39, 0.29) is 5.78 Å². The first-order valence-electron chi connectivity index (χ1n) is 4.98. The number of carbonyl (C=O) groups excluding carboxylic acids is 1. The van der Waals surface area contributed by atoms with Gasteiger partial charge in [-0.2, -0.15) is 10.2 Å². The molecule has 80 valence electrons. The molecule has 1 rings (SSSR count). The molecule has 0 aromatic heterocycles. The first-order valence-corrected chi connectivity index (χ1v) is 4.98. The number of ketones is 1. The Kier molecular flexibility index (Phi) is 3.72. The van der Waals surface area contributed by atoms with Gasteiger partial charge in [-0.05, 0) is 26.8 Å². The van der Waals surface area contributed by atoms with Crippen molar-refractivity contribution >= 4 is 17.7 Å². The minimum Gasteiger partial charge on any atom is -0.299 e. The minimum atomic E-state index is -0.529. The van der Waals surface area contributed by atoms with E-state index in [1.54, 1.807) is 13.1 Å². The smallest absolute Gasteiger partial charge is 0.140 e. The second-order valence-electron chi connectivity index (χ2n) is 4.11. The van der Waals surface area contributed by atoms with Crippen LogP contribution in [-0.4, -0.2) is 17.7 Å². The molecular formula is C12H16N2O. The van der Waals surface area contributed by atoms with Crippen molar-refractivity contribution in [2.75, 3.05) is 0 Å². The maximum absolute atomic E-state index is 11.2. The zero-order valence-corrected chi connectivity index (χ0v) is 9.40. The van der Waals surface area contributed by atoms with Crippen LogP contribution in [0.3, 0.4) is 0 Å². The first kappa shape index (κ1) is 11.6. The van der Waals surface area contributed by atoms with E-state index in [1.807, 2.05) is 38.2 Å². The Morgan fingerprint density at radius 2 is 2.20 bits per heavy atom. The summed E-state index contributed by atoms with van der Waals surface area (Å²) in [7, 11) is 0. The first-order chi connectivity index (χ1) is 7.02. The molecule has 0 radical (unpaired) electrons.